The van der Waals surface area contributed by atoms with Crippen LogP contribution in [-0.4, -0.2) is 16.7 Å². The molecule has 0 fully saturated rings. The van der Waals surface area contributed by atoms with Gasteiger partial charge in [0.05, 0.1) is 23.2 Å². The number of carbonyl (C=O) groups excluding carboxylic acids is 1. The first-order valence-corrected chi connectivity index (χ1v) is 8.37. The van der Waals surface area contributed by atoms with Gasteiger partial charge in [0.25, 0.3) is 0 Å². The molecule has 0 saturated heterocycles. The Hall–Kier alpha value is -1.55. The minimum absolute atomic E-state index is 0.211. The molecule has 1 aromatic heterocycles. The summed E-state index contributed by atoms with van der Waals surface area (Å²) in [5.74, 6) is 0.396. The summed E-state index contributed by atoms with van der Waals surface area (Å²) in [5, 5.41) is 11.1. The van der Waals surface area contributed by atoms with Crippen LogP contribution in [0.2, 0.25) is 0 Å². The fourth-order valence-electron chi connectivity index (χ4n) is 3.94. The van der Waals surface area contributed by atoms with Crippen molar-refractivity contribution >= 4 is 5.97 Å². The van der Waals surface area contributed by atoms with Crippen molar-refractivity contribution in [1.29, 1.82) is 0 Å². The summed E-state index contributed by atoms with van der Waals surface area (Å²) in [7, 11) is 0. The van der Waals surface area contributed by atoms with Gasteiger partial charge in [-0.25, -0.2) is 0 Å². The number of furan rings is 1. The van der Waals surface area contributed by atoms with Gasteiger partial charge in [-0.1, -0.05) is 25.5 Å². The summed E-state index contributed by atoms with van der Waals surface area (Å²) in [6.07, 6.45) is 5.55. The van der Waals surface area contributed by atoms with E-state index in [-0.39, 0.29) is 11.9 Å². The average molecular weight is 318 g/mol. The predicted octanol–water partition coefficient (Wildman–Crippen LogP) is 3.86. The smallest absolute Gasteiger partial charge is 0.309 e. The lowest BCUT2D eigenvalue weighted by Crippen LogP contribution is -2.54. The lowest BCUT2D eigenvalue weighted by atomic mass is 9.56. The van der Waals surface area contributed by atoms with Gasteiger partial charge in [-0.3, -0.25) is 4.79 Å². The lowest BCUT2D eigenvalue weighted by molar-refractivity contribution is -0.175. The monoisotopic (exact) mass is 318 g/mol. The van der Waals surface area contributed by atoms with Gasteiger partial charge in [-0.2, -0.15) is 0 Å². The molecular formula is C19H26O4. The number of fused-ring (bicyclic) bond motifs is 2. The van der Waals surface area contributed by atoms with E-state index in [1.54, 1.807) is 6.26 Å². The highest BCUT2D eigenvalue weighted by atomic mass is 16.5. The molecule has 0 amide bonds. The summed E-state index contributed by atoms with van der Waals surface area (Å²) in [5.41, 5.74) is 1.46. The molecule has 0 aliphatic heterocycles. The highest BCUT2D eigenvalue weighted by molar-refractivity contribution is 5.72. The Balaban J connectivity index is 2.16. The highest BCUT2D eigenvalue weighted by Gasteiger charge is 2.58. The number of hydrogen-bond donors (Lipinski definition) is 1. The zero-order valence-corrected chi connectivity index (χ0v) is 14.6. The SMILES string of the molecule is Cc1coc2c1C(OC(=O)C(C)C)C1(C)C(=CCCC1(C)O)C2. The van der Waals surface area contributed by atoms with Crippen molar-refractivity contribution < 1.29 is 19.1 Å². The molecule has 1 N–H and O–H groups in total. The third-order valence-electron chi connectivity index (χ3n) is 5.75. The summed E-state index contributed by atoms with van der Waals surface area (Å²) < 4.78 is 11.6. The number of carbonyl (C=O) groups is 1. The first kappa shape index (κ1) is 16.3. The van der Waals surface area contributed by atoms with E-state index < -0.39 is 17.1 Å². The van der Waals surface area contributed by atoms with E-state index >= 15 is 0 Å². The van der Waals surface area contributed by atoms with Crippen LogP contribution in [0.25, 0.3) is 0 Å². The number of rotatable bonds is 2. The van der Waals surface area contributed by atoms with E-state index in [4.69, 9.17) is 9.15 Å². The molecule has 0 aromatic carbocycles. The maximum absolute atomic E-state index is 12.3. The second kappa shape index (κ2) is 5.23. The highest BCUT2D eigenvalue weighted by Crippen LogP contribution is 2.59. The Morgan fingerprint density at radius 3 is 2.78 bits per heavy atom. The van der Waals surface area contributed by atoms with Crippen molar-refractivity contribution in [2.75, 3.05) is 0 Å². The van der Waals surface area contributed by atoms with Gasteiger partial charge in [-0.15, -0.1) is 0 Å². The largest absolute Gasteiger partial charge is 0.468 e. The molecule has 3 atom stereocenters. The van der Waals surface area contributed by atoms with Gasteiger partial charge in [0.15, 0.2) is 0 Å². The molecule has 0 bridgehead atoms. The van der Waals surface area contributed by atoms with Gasteiger partial charge >= 0.3 is 5.97 Å². The van der Waals surface area contributed by atoms with Crippen LogP contribution in [0.4, 0.5) is 0 Å². The molecule has 4 heteroatoms. The van der Waals surface area contributed by atoms with Crippen LogP contribution >= 0.6 is 0 Å². The number of aliphatic hydroxyl groups is 1. The lowest BCUT2D eigenvalue weighted by Gasteiger charge is -2.53. The first-order chi connectivity index (χ1) is 10.7. The number of ether oxygens (including phenoxy) is 1. The molecular weight excluding hydrogens is 292 g/mol. The van der Waals surface area contributed by atoms with E-state index in [1.165, 1.54) is 0 Å². The quantitative estimate of drug-likeness (QED) is 0.664. The van der Waals surface area contributed by atoms with Gasteiger partial charge in [0.2, 0.25) is 0 Å². The molecule has 0 spiro atoms. The van der Waals surface area contributed by atoms with Crippen molar-refractivity contribution in [2.45, 2.75) is 65.6 Å². The molecule has 23 heavy (non-hydrogen) atoms. The summed E-state index contributed by atoms with van der Waals surface area (Å²) in [6, 6.07) is 0. The van der Waals surface area contributed by atoms with Crippen molar-refractivity contribution in [3.05, 3.63) is 34.8 Å². The maximum Gasteiger partial charge on any atom is 0.309 e. The number of allylic oxidation sites excluding steroid dienone is 1. The zero-order valence-electron chi connectivity index (χ0n) is 14.6. The Kier molecular flexibility index (Phi) is 3.71. The molecule has 3 unspecified atom stereocenters. The predicted molar refractivity (Wildman–Crippen MR) is 86.9 cm³/mol. The maximum atomic E-state index is 12.3. The van der Waals surface area contributed by atoms with Crippen LogP contribution in [0, 0.1) is 18.3 Å². The molecule has 3 rings (SSSR count). The minimum atomic E-state index is -0.930. The molecule has 1 aromatic rings. The van der Waals surface area contributed by atoms with E-state index in [9.17, 15) is 9.90 Å². The van der Waals surface area contributed by atoms with E-state index in [1.807, 2.05) is 34.6 Å². The van der Waals surface area contributed by atoms with E-state index in [0.717, 1.165) is 28.9 Å². The first-order valence-electron chi connectivity index (χ1n) is 8.37. The fourth-order valence-corrected chi connectivity index (χ4v) is 3.94. The van der Waals surface area contributed by atoms with Gasteiger partial charge in [0, 0.05) is 12.0 Å². The van der Waals surface area contributed by atoms with Crippen LogP contribution in [-0.2, 0) is 16.0 Å². The van der Waals surface area contributed by atoms with Crippen LogP contribution < -0.4 is 0 Å². The van der Waals surface area contributed by atoms with Crippen LogP contribution in [0.15, 0.2) is 22.3 Å². The van der Waals surface area contributed by atoms with Crippen molar-refractivity contribution in [2.24, 2.45) is 11.3 Å². The standard InChI is InChI=1S/C19H26O4/c1-11(2)17(20)23-16-15-12(3)10-22-14(15)9-13-7-6-8-18(4,21)19(13,16)5/h7,10-11,16,21H,6,8-9H2,1-5H3. The summed E-state index contributed by atoms with van der Waals surface area (Å²) in [6.45, 7) is 9.50. The van der Waals surface area contributed by atoms with E-state index in [2.05, 4.69) is 6.08 Å². The summed E-state index contributed by atoms with van der Waals surface area (Å²) in [4.78, 5) is 12.3. The number of esters is 1. The van der Waals surface area contributed by atoms with Crippen molar-refractivity contribution in [3.8, 4) is 0 Å². The normalized spacial score (nSPS) is 33.0. The van der Waals surface area contributed by atoms with E-state index in [0.29, 0.717) is 12.8 Å². The van der Waals surface area contributed by atoms with Crippen LogP contribution in [0.5, 0.6) is 0 Å². The second-order valence-electron chi connectivity index (χ2n) is 7.65. The van der Waals surface area contributed by atoms with Crippen LogP contribution in [0.3, 0.4) is 0 Å². The Bertz CT molecular complexity index is 665. The Morgan fingerprint density at radius 2 is 2.13 bits per heavy atom. The molecule has 126 valence electrons. The molecule has 0 radical (unpaired) electrons. The van der Waals surface area contributed by atoms with Crippen LogP contribution in [0.1, 0.15) is 63.5 Å². The molecule has 2 aliphatic rings. The fraction of sp³-hybridized carbons (Fsp3) is 0.632. The Labute approximate surface area is 137 Å². The van der Waals surface area contributed by atoms with Crippen molar-refractivity contribution in [3.63, 3.8) is 0 Å². The molecule has 2 aliphatic carbocycles. The number of aryl methyl sites for hydroxylation is 1. The second-order valence-corrected chi connectivity index (χ2v) is 7.65. The molecule has 1 heterocycles. The van der Waals surface area contributed by atoms with Gasteiger partial charge < -0.3 is 14.3 Å². The topological polar surface area (TPSA) is 59.7 Å². The third-order valence-corrected chi connectivity index (χ3v) is 5.75. The molecule has 0 saturated carbocycles. The number of hydrogen-bond acceptors (Lipinski definition) is 4. The summed E-state index contributed by atoms with van der Waals surface area (Å²) >= 11 is 0. The average Bonchev–Trinajstić information content (AvgIpc) is 2.82. The minimum Gasteiger partial charge on any atom is -0.468 e. The molecule has 4 nitrogen and oxygen atoms in total. The Morgan fingerprint density at radius 1 is 1.43 bits per heavy atom. The van der Waals surface area contributed by atoms with Gasteiger partial charge in [-0.05, 0) is 39.2 Å². The van der Waals surface area contributed by atoms with Crippen molar-refractivity contribution in [1.82, 2.24) is 0 Å². The van der Waals surface area contributed by atoms with Gasteiger partial charge in [0.1, 0.15) is 11.9 Å². The zero-order chi connectivity index (χ0) is 17.0. The third kappa shape index (κ3) is 2.26.